The van der Waals surface area contributed by atoms with Crippen molar-refractivity contribution >= 4 is 35.5 Å². The van der Waals surface area contributed by atoms with Gasteiger partial charge in [0, 0.05) is 29.2 Å². The second-order valence-electron chi connectivity index (χ2n) is 9.76. The molecule has 6 heteroatoms. The minimum Gasteiger partial charge on any atom is -0.397 e. The number of hydrogen-bond donors (Lipinski definition) is 0. The Bertz CT molecular complexity index is 1280. The van der Waals surface area contributed by atoms with E-state index in [1.54, 1.807) is 12.4 Å². The van der Waals surface area contributed by atoms with E-state index in [4.69, 9.17) is 9.97 Å². The number of hydrogen-bond acceptors (Lipinski definition) is 5. The number of aromatic nitrogens is 2. The van der Waals surface area contributed by atoms with Crippen molar-refractivity contribution in [2.45, 2.75) is 40.8 Å². The summed E-state index contributed by atoms with van der Waals surface area (Å²) in [4.78, 5) is 16.7. The molecule has 0 saturated carbocycles. The van der Waals surface area contributed by atoms with Gasteiger partial charge in [-0.3, -0.25) is 0 Å². The van der Waals surface area contributed by atoms with Crippen molar-refractivity contribution in [1.29, 1.82) is 0 Å². The summed E-state index contributed by atoms with van der Waals surface area (Å²) < 4.78 is 0. The molecule has 0 unspecified atom stereocenters. The fraction of sp³-hybridized carbons (Fsp3) is 0.308. The van der Waals surface area contributed by atoms with Crippen LogP contribution in [0, 0.1) is 5.41 Å². The monoisotopic (exact) mass is 423 g/mol. The van der Waals surface area contributed by atoms with Gasteiger partial charge in [0.25, 0.3) is 0 Å². The highest BCUT2D eigenvalue weighted by Gasteiger charge is 2.47. The minimum absolute atomic E-state index is 0.00290. The van der Waals surface area contributed by atoms with Gasteiger partial charge in [0.1, 0.15) is 0 Å². The van der Waals surface area contributed by atoms with Crippen LogP contribution in [0.2, 0.25) is 0 Å². The van der Waals surface area contributed by atoms with Crippen molar-refractivity contribution in [2.24, 2.45) is 5.41 Å². The van der Waals surface area contributed by atoms with Crippen molar-refractivity contribution < 1.29 is 0 Å². The fourth-order valence-electron chi connectivity index (χ4n) is 5.50. The smallest absolute Gasteiger partial charge is 0.397 e. The van der Waals surface area contributed by atoms with Gasteiger partial charge in [-0.1, -0.05) is 63.2 Å². The van der Waals surface area contributed by atoms with E-state index in [1.807, 2.05) is 6.07 Å². The Morgan fingerprint density at radius 1 is 0.844 bits per heavy atom. The molecule has 2 aromatic carbocycles. The zero-order chi connectivity index (χ0) is 22.6. The van der Waals surface area contributed by atoms with E-state index >= 15 is 0 Å². The summed E-state index contributed by atoms with van der Waals surface area (Å²) in [5.41, 5.74) is 3.80. The summed E-state index contributed by atoms with van der Waals surface area (Å²) >= 11 is 0. The molecular formula is C26H30BN5. The van der Waals surface area contributed by atoms with E-state index in [0.717, 1.165) is 17.3 Å². The molecule has 32 heavy (non-hydrogen) atoms. The molecule has 2 aliphatic rings. The molecule has 162 valence electrons. The summed E-state index contributed by atoms with van der Waals surface area (Å²) in [6.07, 6.45) is 3.64. The molecule has 0 amide bonds. The first-order chi connectivity index (χ1) is 15.3. The van der Waals surface area contributed by atoms with Crippen LogP contribution in [-0.4, -0.2) is 35.0 Å². The van der Waals surface area contributed by atoms with Crippen LogP contribution in [0.5, 0.6) is 0 Å². The summed E-state index contributed by atoms with van der Waals surface area (Å²) in [7, 11) is 2.22. The van der Waals surface area contributed by atoms with Gasteiger partial charge in [0.15, 0.2) is 11.6 Å². The van der Waals surface area contributed by atoms with Crippen molar-refractivity contribution in [2.75, 3.05) is 16.8 Å². The van der Waals surface area contributed by atoms with Gasteiger partial charge < -0.3 is 14.5 Å². The van der Waals surface area contributed by atoms with Crippen LogP contribution in [-0.2, 0) is 0 Å². The van der Waals surface area contributed by atoms with Gasteiger partial charge in [-0.05, 0) is 48.9 Å². The average Bonchev–Trinajstić information content (AvgIpc) is 3.05. The highest BCUT2D eigenvalue weighted by atomic mass is 15.5. The van der Waals surface area contributed by atoms with E-state index in [-0.39, 0.29) is 18.6 Å². The Hall–Kier alpha value is -3.28. The van der Waals surface area contributed by atoms with E-state index in [2.05, 4.69) is 105 Å². The van der Waals surface area contributed by atoms with Gasteiger partial charge >= 0.3 is 6.98 Å². The number of nitrogens with zero attached hydrogens (tertiary/aromatic N) is 5. The van der Waals surface area contributed by atoms with Crippen LogP contribution >= 0.6 is 0 Å². The first-order valence-corrected chi connectivity index (χ1v) is 11.3. The molecular weight excluding hydrogens is 393 g/mol. The Morgan fingerprint density at radius 2 is 1.44 bits per heavy atom. The van der Waals surface area contributed by atoms with Crippen molar-refractivity contribution in [1.82, 2.24) is 14.8 Å². The number of benzene rings is 2. The number of rotatable bonds is 2. The maximum absolute atomic E-state index is 4.83. The number of anilines is 3. The lowest BCUT2D eigenvalue weighted by Crippen LogP contribution is -2.62. The van der Waals surface area contributed by atoms with Crippen LogP contribution in [0.25, 0.3) is 11.2 Å². The fourth-order valence-corrected chi connectivity index (χ4v) is 5.50. The minimum atomic E-state index is -0.00290. The molecule has 0 radical (unpaired) electrons. The molecule has 3 aromatic rings. The van der Waals surface area contributed by atoms with Crippen LogP contribution in [0.4, 0.5) is 17.3 Å². The highest BCUT2D eigenvalue weighted by molar-refractivity contribution is 6.79. The van der Waals surface area contributed by atoms with Crippen molar-refractivity contribution in [3.8, 4) is 0 Å². The molecule has 0 spiro atoms. The lowest BCUT2D eigenvalue weighted by atomic mass is 9.59. The van der Waals surface area contributed by atoms with Gasteiger partial charge in [0.2, 0.25) is 0 Å². The maximum atomic E-state index is 4.83. The SMILES string of the molecule is CC1=c2ccccc2=C(C(C)(C)C)N(C)B1N1c2nccnc2N(c2ccccc2)[C@@H]1C. The molecule has 0 bridgehead atoms. The molecule has 0 aliphatic carbocycles. The first kappa shape index (κ1) is 20.6. The van der Waals surface area contributed by atoms with Crippen LogP contribution in [0.1, 0.15) is 34.6 Å². The zero-order valence-electron chi connectivity index (χ0n) is 19.7. The largest absolute Gasteiger partial charge is 0.409 e. The molecule has 0 fully saturated rings. The Morgan fingerprint density at radius 3 is 2.09 bits per heavy atom. The quantitative estimate of drug-likeness (QED) is 0.587. The Labute approximate surface area is 190 Å². The van der Waals surface area contributed by atoms with Crippen molar-refractivity contribution in [3.05, 3.63) is 77.4 Å². The predicted octanol–water partition coefficient (Wildman–Crippen LogP) is 3.78. The molecule has 1 aromatic heterocycles. The van der Waals surface area contributed by atoms with Gasteiger partial charge in [-0.2, -0.15) is 0 Å². The van der Waals surface area contributed by atoms with E-state index < -0.39 is 0 Å². The normalized spacial score (nSPS) is 18.2. The van der Waals surface area contributed by atoms with Crippen LogP contribution < -0.4 is 20.1 Å². The molecule has 3 heterocycles. The predicted molar refractivity (Wildman–Crippen MR) is 134 cm³/mol. The second-order valence-corrected chi connectivity index (χ2v) is 9.76. The lowest BCUT2D eigenvalue weighted by molar-refractivity contribution is 0.478. The highest BCUT2D eigenvalue weighted by Crippen LogP contribution is 2.43. The maximum Gasteiger partial charge on any atom is 0.409 e. The third-order valence-corrected chi connectivity index (χ3v) is 6.63. The van der Waals surface area contributed by atoms with E-state index in [0.29, 0.717) is 0 Å². The first-order valence-electron chi connectivity index (χ1n) is 11.3. The van der Waals surface area contributed by atoms with E-state index in [1.165, 1.54) is 21.6 Å². The summed E-state index contributed by atoms with van der Waals surface area (Å²) in [5, 5.41) is 2.64. The lowest BCUT2D eigenvalue weighted by Gasteiger charge is -2.44. The van der Waals surface area contributed by atoms with Crippen LogP contribution in [0.3, 0.4) is 0 Å². The molecule has 2 aliphatic heterocycles. The summed E-state index contributed by atoms with van der Waals surface area (Å²) in [6.45, 7) is 11.4. The van der Waals surface area contributed by atoms with Gasteiger partial charge in [-0.25, -0.2) is 9.97 Å². The van der Waals surface area contributed by atoms with Gasteiger partial charge in [0.05, 0.1) is 6.17 Å². The number of fused-ring (bicyclic) bond motifs is 2. The summed E-state index contributed by atoms with van der Waals surface area (Å²) in [6, 6.07) is 19.3. The second kappa shape index (κ2) is 7.40. The molecule has 1 atom stereocenters. The number of para-hydroxylation sites is 1. The molecule has 5 rings (SSSR count). The average molecular weight is 423 g/mol. The summed E-state index contributed by atoms with van der Waals surface area (Å²) in [5.74, 6) is 1.83. The van der Waals surface area contributed by atoms with Crippen LogP contribution in [0.15, 0.2) is 67.0 Å². The standard InChI is InChI=1S/C26H30BN5/c1-18-21-14-10-11-15-22(21)23(26(3,4)5)30(6)27(18)32-19(2)31(20-12-8-7-9-13-20)24-25(32)29-17-16-28-24/h7-17,19H,1-6H3/t19-/m0/s1. The third kappa shape index (κ3) is 3.00. The molecule has 0 saturated heterocycles. The Kier molecular flexibility index (Phi) is 4.77. The zero-order valence-corrected chi connectivity index (χ0v) is 19.7. The third-order valence-electron chi connectivity index (χ3n) is 6.63. The van der Waals surface area contributed by atoms with Crippen molar-refractivity contribution in [3.63, 3.8) is 0 Å². The van der Waals surface area contributed by atoms with E-state index in [9.17, 15) is 0 Å². The Balaban J connectivity index is 1.73. The van der Waals surface area contributed by atoms with Gasteiger partial charge in [-0.15, -0.1) is 0 Å². The molecule has 5 nitrogen and oxygen atoms in total. The topological polar surface area (TPSA) is 35.5 Å². The molecule has 0 N–H and O–H groups in total.